The Hall–Kier alpha value is -3.27. The Morgan fingerprint density at radius 1 is 1.00 bits per heavy atom. The van der Waals surface area contributed by atoms with E-state index in [2.05, 4.69) is 10.6 Å². The van der Waals surface area contributed by atoms with E-state index < -0.39 is 41.6 Å². The minimum Gasteiger partial charge on any atom is -0.486 e. The van der Waals surface area contributed by atoms with Crippen molar-refractivity contribution in [3.05, 3.63) is 64.7 Å². The van der Waals surface area contributed by atoms with Gasteiger partial charge in [-0.15, -0.1) is 0 Å². The van der Waals surface area contributed by atoms with Gasteiger partial charge in [-0.1, -0.05) is 66.7 Å². The number of likely N-dealkylation sites (tertiary alicyclic amines) is 1. The molecule has 2 bridgehead atoms. The van der Waals surface area contributed by atoms with Crippen molar-refractivity contribution in [3.8, 4) is 11.5 Å². The van der Waals surface area contributed by atoms with Crippen LogP contribution in [0.25, 0.3) is 0 Å². The standard InChI is InChI=1S/C31H31Cl2N3O6/c32-17-12-18(33)14-20(13-17)35-28(37)25-24-10-11-31(42-24)26(25)30(39)36(27(31)29(38)34-19-6-2-1-3-7-19)15-21-16-40-22-8-4-5-9-23(22)41-21/h4-5,8-14,19,21,24-27H,1-3,6-7,15-16H2,(H,34,38)(H,35,37)/t21-,24+,25-,26+,27+,31+/m0/s1. The highest BCUT2D eigenvalue weighted by Crippen LogP contribution is 2.55. The summed E-state index contributed by atoms with van der Waals surface area (Å²) >= 11 is 12.3. The Bertz CT molecular complexity index is 1440. The molecule has 3 amide bonds. The Balaban J connectivity index is 1.19. The molecule has 9 nitrogen and oxygen atoms in total. The summed E-state index contributed by atoms with van der Waals surface area (Å²) in [5, 5.41) is 6.81. The van der Waals surface area contributed by atoms with Gasteiger partial charge in [0.1, 0.15) is 18.2 Å². The van der Waals surface area contributed by atoms with Crippen LogP contribution in [-0.2, 0) is 19.1 Å². The molecule has 0 unspecified atom stereocenters. The number of nitrogens with zero attached hydrogens (tertiary/aromatic N) is 1. The lowest BCUT2D eigenvalue weighted by molar-refractivity contribution is -0.143. The third kappa shape index (κ3) is 4.71. The van der Waals surface area contributed by atoms with Gasteiger partial charge in [-0.25, -0.2) is 0 Å². The molecule has 220 valence electrons. The van der Waals surface area contributed by atoms with Gasteiger partial charge in [0.05, 0.1) is 24.5 Å². The third-order valence-corrected chi connectivity index (χ3v) is 9.41. The first-order valence-electron chi connectivity index (χ1n) is 14.5. The van der Waals surface area contributed by atoms with Gasteiger partial charge in [0, 0.05) is 21.8 Å². The van der Waals surface area contributed by atoms with E-state index in [9.17, 15) is 14.4 Å². The number of carbonyl (C=O) groups excluding carboxylic acids is 3. The van der Waals surface area contributed by atoms with E-state index in [1.165, 1.54) is 4.90 Å². The smallest absolute Gasteiger partial charge is 0.246 e. The number of amides is 3. The van der Waals surface area contributed by atoms with Crippen LogP contribution in [0.15, 0.2) is 54.6 Å². The van der Waals surface area contributed by atoms with Crippen LogP contribution in [0, 0.1) is 11.8 Å². The monoisotopic (exact) mass is 611 g/mol. The van der Waals surface area contributed by atoms with Crippen molar-refractivity contribution in [1.29, 1.82) is 0 Å². The topological polar surface area (TPSA) is 106 Å². The summed E-state index contributed by atoms with van der Waals surface area (Å²) in [6.45, 7) is 0.322. The maximum atomic E-state index is 14.3. The van der Waals surface area contributed by atoms with Crippen LogP contribution >= 0.6 is 23.2 Å². The van der Waals surface area contributed by atoms with Gasteiger partial charge < -0.3 is 29.7 Å². The van der Waals surface area contributed by atoms with Crippen molar-refractivity contribution in [2.45, 2.75) is 62.0 Å². The first-order valence-corrected chi connectivity index (χ1v) is 15.2. The summed E-state index contributed by atoms with van der Waals surface area (Å²) in [4.78, 5) is 43.6. The number of anilines is 1. The molecule has 6 atom stereocenters. The predicted octanol–water partition coefficient (Wildman–Crippen LogP) is 4.37. The van der Waals surface area contributed by atoms with E-state index in [-0.39, 0.29) is 31.0 Å². The summed E-state index contributed by atoms with van der Waals surface area (Å²) in [6, 6.07) is 11.2. The van der Waals surface area contributed by atoms with Crippen molar-refractivity contribution < 1.29 is 28.6 Å². The van der Waals surface area contributed by atoms with E-state index in [0.29, 0.717) is 27.2 Å². The van der Waals surface area contributed by atoms with Gasteiger partial charge >= 0.3 is 0 Å². The number of benzene rings is 2. The van der Waals surface area contributed by atoms with Crippen LogP contribution in [0.5, 0.6) is 11.5 Å². The number of para-hydroxylation sites is 2. The summed E-state index contributed by atoms with van der Waals surface area (Å²) < 4.78 is 18.5. The molecule has 11 heteroatoms. The molecule has 5 aliphatic rings. The van der Waals surface area contributed by atoms with Crippen LogP contribution < -0.4 is 20.1 Å². The number of fused-ring (bicyclic) bond motifs is 2. The molecule has 1 saturated carbocycles. The van der Waals surface area contributed by atoms with E-state index in [1.807, 2.05) is 24.3 Å². The SMILES string of the molecule is O=C(Nc1cc(Cl)cc(Cl)c1)[C@H]1[C@H]2C=C[C@@]3(O2)[C@H]1C(=O)N(C[C@H]1COc2ccccc2O1)[C@@H]3C(=O)NC1CCCCC1. The minimum absolute atomic E-state index is 0.0362. The highest BCUT2D eigenvalue weighted by Gasteiger charge is 2.73. The fourth-order valence-corrected chi connectivity index (χ4v) is 7.74. The van der Waals surface area contributed by atoms with Gasteiger partial charge in [-0.3, -0.25) is 14.4 Å². The van der Waals surface area contributed by atoms with Crippen LogP contribution in [0.3, 0.4) is 0 Å². The molecule has 2 N–H and O–H groups in total. The Labute approximate surface area is 253 Å². The zero-order valence-corrected chi connectivity index (χ0v) is 24.3. The molecule has 42 heavy (non-hydrogen) atoms. The zero-order valence-electron chi connectivity index (χ0n) is 22.8. The second-order valence-electron chi connectivity index (χ2n) is 11.7. The number of ether oxygens (including phenoxy) is 3. The van der Waals surface area contributed by atoms with Crippen molar-refractivity contribution >= 4 is 46.6 Å². The summed E-state index contributed by atoms with van der Waals surface area (Å²) in [7, 11) is 0. The quantitative estimate of drug-likeness (QED) is 0.470. The van der Waals surface area contributed by atoms with Gasteiger partial charge in [-0.2, -0.15) is 0 Å². The van der Waals surface area contributed by atoms with Crippen LogP contribution in [0.1, 0.15) is 32.1 Å². The van der Waals surface area contributed by atoms with E-state index in [0.717, 1.165) is 32.1 Å². The summed E-state index contributed by atoms with van der Waals surface area (Å²) in [5.74, 6) is -1.52. The number of halogens is 2. The third-order valence-electron chi connectivity index (χ3n) is 8.97. The van der Waals surface area contributed by atoms with Crippen LogP contribution in [0.2, 0.25) is 10.0 Å². The van der Waals surface area contributed by atoms with Crippen molar-refractivity contribution in [2.75, 3.05) is 18.5 Å². The van der Waals surface area contributed by atoms with Gasteiger partial charge in [0.2, 0.25) is 17.7 Å². The number of carbonyl (C=O) groups is 3. The first kappa shape index (κ1) is 27.6. The Morgan fingerprint density at radius 2 is 1.74 bits per heavy atom. The lowest BCUT2D eigenvalue weighted by Gasteiger charge is -2.36. The second kappa shape index (κ2) is 10.8. The predicted molar refractivity (Wildman–Crippen MR) is 156 cm³/mol. The van der Waals surface area contributed by atoms with Crippen LogP contribution in [0.4, 0.5) is 5.69 Å². The molecule has 0 radical (unpaired) electrons. The van der Waals surface area contributed by atoms with Crippen molar-refractivity contribution in [2.24, 2.45) is 11.8 Å². The molecule has 2 saturated heterocycles. The lowest BCUT2D eigenvalue weighted by Crippen LogP contribution is -2.58. The number of hydrogen-bond acceptors (Lipinski definition) is 6. The molecule has 1 spiro atoms. The second-order valence-corrected chi connectivity index (χ2v) is 12.6. The zero-order chi connectivity index (χ0) is 29.0. The molecule has 7 rings (SSSR count). The number of nitrogens with one attached hydrogen (secondary N) is 2. The summed E-state index contributed by atoms with van der Waals surface area (Å²) in [6.07, 6.45) is 7.47. The average Bonchev–Trinajstić information content (AvgIpc) is 3.60. The highest BCUT2D eigenvalue weighted by molar-refractivity contribution is 6.35. The van der Waals surface area contributed by atoms with Gasteiger partial charge in [-0.05, 0) is 43.2 Å². The van der Waals surface area contributed by atoms with E-state index >= 15 is 0 Å². The van der Waals surface area contributed by atoms with Gasteiger partial charge in [0.15, 0.2) is 17.6 Å². The van der Waals surface area contributed by atoms with Crippen molar-refractivity contribution in [1.82, 2.24) is 10.2 Å². The fraction of sp³-hybridized carbons (Fsp3) is 0.452. The molecule has 1 aliphatic carbocycles. The molecular weight excluding hydrogens is 581 g/mol. The fourth-order valence-electron chi connectivity index (χ4n) is 7.21. The lowest BCUT2D eigenvalue weighted by atomic mass is 9.74. The normalized spacial score (nSPS) is 31.2. The molecule has 0 aromatic heterocycles. The minimum atomic E-state index is -1.28. The largest absolute Gasteiger partial charge is 0.486 e. The number of rotatable bonds is 6. The molecule has 4 heterocycles. The van der Waals surface area contributed by atoms with E-state index in [1.54, 1.807) is 30.4 Å². The Kier molecular flexibility index (Phi) is 7.07. The molecular formula is C31H31Cl2N3O6. The Morgan fingerprint density at radius 3 is 2.50 bits per heavy atom. The molecule has 4 aliphatic heterocycles. The average molecular weight is 613 g/mol. The molecule has 2 aromatic rings. The maximum absolute atomic E-state index is 14.3. The molecule has 3 fully saturated rings. The van der Waals surface area contributed by atoms with Gasteiger partial charge in [0.25, 0.3) is 0 Å². The van der Waals surface area contributed by atoms with E-state index in [4.69, 9.17) is 37.4 Å². The molecule has 2 aromatic carbocycles. The number of hydrogen-bond donors (Lipinski definition) is 2. The van der Waals surface area contributed by atoms with Crippen molar-refractivity contribution in [3.63, 3.8) is 0 Å². The summed E-state index contributed by atoms with van der Waals surface area (Å²) in [5.41, 5.74) is -0.860. The highest BCUT2D eigenvalue weighted by atomic mass is 35.5. The van der Waals surface area contributed by atoms with Crippen LogP contribution in [-0.4, -0.2) is 65.7 Å². The maximum Gasteiger partial charge on any atom is 0.246 e. The first-order chi connectivity index (χ1) is 20.3.